The zero-order chi connectivity index (χ0) is 13.9. The number of alkyl halides is 1. The molecule has 1 unspecified atom stereocenters. The predicted octanol–water partition coefficient (Wildman–Crippen LogP) is 4.05. The highest BCUT2D eigenvalue weighted by Gasteiger charge is 2.22. The van der Waals surface area contributed by atoms with E-state index in [1.807, 2.05) is 6.92 Å². The second kappa shape index (κ2) is 6.77. The van der Waals surface area contributed by atoms with Crippen LogP contribution in [0.5, 0.6) is 0 Å². The fourth-order valence-electron chi connectivity index (χ4n) is 1.20. The van der Waals surface area contributed by atoms with Gasteiger partial charge >= 0.3 is 0 Å². The lowest BCUT2D eigenvalue weighted by atomic mass is 10.3. The molecule has 0 radical (unpaired) electrons. The van der Waals surface area contributed by atoms with Crippen LogP contribution < -0.4 is 4.72 Å². The molecule has 0 amide bonds. The standard InChI is InChI=1S/C10H11BrCl3NO2S/c1-2-7(12)5-15-18(16,17)10-8(13)3-6(11)4-9(10)14/h3-4,7,15H,2,5H2,1H3. The van der Waals surface area contributed by atoms with Gasteiger partial charge in [0.2, 0.25) is 10.0 Å². The third-order valence-electron chi connectivity index (χ3n) is 2.17. The van der Waals surface area contributed by atoms with Crippen LogP contribution in [0.25, 0.3) is 0 Å². The van der Waals surface area contributed by atoms with Crippen molar-refractivity contribution < 1.29 is 8.42 Å². The minimum Gasteiger partial charge on any atom is -0.210 e. The molecule has 0 aliphatic carbocycles. The van der Waals surface area contributed by atoms with Crippen molar-refractivity contribution in [2.24, 2.45) is 0 Å². The second-order valence-electron chi connectivity index (χ2n) is 3.56. The van der Waals surface area contributed by atoms with Gasteiger partial charge in [0.1, 0.15) is 4.90 Å². The first-order valence-electron chi connectivity index (χ1n) is 5.06. The number of benzene rings is 1. The van der Waals surface area contributed by atoms with Gasteiger partial charge < -0.3 is 0 Å². The van der Waals surface area contributed by atoms with E-state index in [0.29, 0.717) is 10.9 Å². The molecule has 0 fully saturated rings. The normalized spacial score (nSPS) is 13.6. The molecule has 0 heterocycles. The summed E-state index contributed by atoms with van der Waals surface area (Å²) in [6.07, 6.45) is 0.659. The van der Waals surface area contributed by atoms with Crippen LogP contribution in [-0.2, 0) is 10.0 Å². The highest BCUT2D eigenvalue weighted by atomic mass is 79.9. The molecule has 0 aliphatic rings. The van der Waals surface area contributed by atoms with Crippen LogP contribution >= 0.6 is 50.7 Å². The van der Waals surface area contributed by atoms with Gasteiger partial charge in [-0.05, 0) is 18.6 Å². The number of hydrogen-bond donors (Lipinski definition) is 1. The fourth-order valence-corrected chi connectivity index (χ4v) is 4.39. The summed E-state index contributed by atoms with van der Waals surface area (Å²) in [6.45, 7) is 1.99. The molecule has 102 valence electrons. The summed E-state index contributed by atoms with van der Waals surface area (Å²) in [5.74, 6) is 0. The summed E-state index contributed by atoms with van der Waals surface area (Å²) in [7, 11) is -3.76. The van der Waals surface area contributed by atoms with Crippen molar-refractivity contribution in [1.82, 2.24) is 4.72 Å². The average Bonchev–Trinajstić information content (AvgIpc) is 2.24. The van der Waals surface area contributed by atoms with E-state index >= 15 is 0 Å². The van der Waals surface area contributed by atoms with Gasteiger partial charge in [-0.3, -0.25) is 0 Å². The first-order chi connectivity index (χ1) is 8.27. The van der Waals surface area contributed by atoms with Gasteiger partial charge in [0.05, 0.1) is 10.0 Å². The number of hydrogen-bond acceptors (Lipinski definition) is 2. The van der Waals surface area contributed by atoms with Gasteiger partial charge in [0.15, 0.2) is 0 Å². The summed E-state index contributed by atoms with van der Waals surface area (Å²) in [5, 5.41) is -0.151. The van der Waals surface area contributed by atoms with Crippen LogP contribution in [-0.4, -0.2) is 20.3 Å². The van der Waals surface area contributed by atoms with Crippen molar-refractivity contribution in [2.45, 2.75) is 23.6 Å². The van der Waals surface area contributed by atoms with Crippen molar-refractivity contribution in [3.8, 4) is 0 Å². The second-order valence-corrected chi connectivity index (χ2v) is 7.61. The first kappa shape index (κ1) is 16.5. The lowest BCUT2D eigenvalue weighted by Gasteiger charge is -2.12. The smallest absolute Gasteiger partial charge is 0.210 e. The molecule has 0 saturated carbocycles. The van der Waals surface area contributed by atoms with Crippen LogP contribution in [0.1, 0.15) is 13.3 Å². The third-order valence-corrected chi connectivity index (χ3v) is 5.43. The summed E-state index contributed by atoms with van der Waals surface area (Å²) >= 11 is 20.8. The van der Waals surface area contributed by atoms with Gasteiger partial charge in [-0.25, -0.2) is 13.1 Å². The van der Waals surface area contributed by atoms with E-state index in [1.165, 1.54) is 12.1 Å². The molecular weight excluding hydrogens is 384 g/mol. The average molecular weight is 396 g/mol. The fraction of sp³-hybridized carbons (Fsp3) is 0.400. The van der Waals surface area contributed by atoms with E-state index in [9.17, 15) is 8.42 Å². The van der Waals surface area contributed by atoms with Crippen LogP contribution in [0.2, 0.25) is 10.0 Å². The number of halogens is 4. The maximum atomic E-state index is 12.1. The lowest BCUT2D eigenvalue weighted by Crippen LogP contribution is -2.30. The van der Waals surface area contributed by atoms with Crippen molar-refractivity contribution in [2.75, 3.05) is 6.54 Å². The molecule has 3 nitrogen and oxygen atoms in total. The number of sulfonamides is 1. The van der Waals surface area contributed by atoms with Crippen LogP contribution in [0.15, 0.2) is 21.5 Å². The molecule has 1 aromatic carbocycles. The minimum atomic E-state index is -3.76. The van der Waals surface area contributed by atoms with Crippen molar-refractivity contribution >= 4 is 60.8 Å². The van der Waals surface area contributed by atoms with E-state index in [0.717, 1.165) is 0 Å². The van der Waals surface area contributed by atoms with E-state index in [4.69, 9.17) is 34.8 Å². The Balaban J connectivity index is 3.06. The number of nitrogens with one attached hydrogen (secondary N) is 1. The Bertz CT molecular complexity index is 513. The Morgan fingerprint density at radius 1 is 1.33 bits per heavy atom. The number of rotatable bonds is 5. The van der Waals surface area contributed by atoms with Crippen molar-refractivity contribution in [3.05, 3.63) is 26.7 Å². The minimum absolute atomic E-state index is 0.0597. The quantitative estimate of drug-likeness (QED) is 0.765. The van der Waals surface area contributed by atoms with Crippen LogP contribution in [0.4, 0.5) is 0 Å². The van der Waals surface area contributed by atoms with E-state index in [2.05, 4.69) is 20.7 Å². The Kier molecular flexibility index (Phi) is 6.22. The molecule has 0 aromatic heterocycles. The molecule has 0 spiro atoms. The molecule has 1 rings (SSSR count). The summed E-state index contributed by atoms with van der Waals surface area (Å²) < 4.78 is 27.1. The third kappa shape index (κ3) is 4.25. The highest BCUT2D eigenvalue weighted by molar-refractivity contribution is 9.10. The molecule has 1 atom stereocenters. The maximum Gasteiger partial charge on any atom is 0.243 e. The van der Waals surface area contributed by atoms with E-state index in [-0.39, 0.29) is 26.9 Å². The predicted molar refractivity (Wildman–Crippen MR) is 79.3 cm³/mol. The summed E-state index contributed by atoms with van der Waals surface area (Å²) in [4.78, 5) is -0.131. The summed E-state index contributed by atoms with van der Waals surface area (Å²) in [6, 6.07) is 2.94. The SMILES string of the molecule is CCC(Cl)CNS(=O)(=O)c1c(Cl)cc(Br)cc1Cl. The zero-order valence-corrected chi connectivity index (χ0v) is 14.1. The van der Waals surface area contributed by atoms with Gasteiger partial charge in [-0.15, -0.1) is 11.6 Å². The summed E-state index contributed by atoms with van der Waals surface area (Å²) in [5.41, 5.74) is 0. The molecule has 0 bridgehead atoms. The van der Waals surface area contributed by atoms with E-state index < -0.39 is 10.0 Å². The van der Waals surface area contributed by atoms with Gasteiger partial charge in [0, 0.05) is 16.4 Å². The largest absolute Gasteiger partial charge is 0.243 e. The van der Waals surface area contributed by atoms with Gasteiger partial charge in [0.25, 0.3) is 0 Å². The monoisotopic (exact) mass is 393 g/mol. The van der Waals surface area contributed by atoms with Crippen molar-refractivity contribution in [1.29, 1.82) is 0 Å². The Morgan fingerprint density at radius 2 is 1.83 bits per heavy atom. The zero-order valence-electron chi connectivity index (χ0n) is 9.38. The molecular formula is C10H11BrCl3NO2S. The Labute approximate surface area is 130 Å². The van der Waals surface area contributed by atoms with Gasteiger partial charge in [-0.2, -0.15) is 0 Å². The van der Waals surface area contributed by atoms with Crippen LogP contribution in [0, 0.1) is 0 Å². The Morgan fingerprint density at radius 3 is 2.28 bits per heavy atom. The highest BCUT2D eigenvalue weighted by Crippen LogP contribution is 2.32. The lowest BCUT2D eigenvalue weighted by molar-refractivity contribution is 0.579. The molecule has 18 heavy (non-hydrogen) atoms. The van der Waals surface area contributed by atoms with E-state index in [1.54, 1.807) is 0 Å². The molecule has 1 N–H and O–H groups in total. The molecule has 1 aromatic rings. The van der Waals surface area contributed by atoms with Gasteiger partial charge in [-0.1, -0.05) is 46.1 Å². The maximum absolute atomic E-state index is 12.1. The Hall–Kier alpha value is 0.480. The molecule has 8 heteroatoms. The molecule has 0 saturated heterocycles. The topological polar surface area (TPSA) is 46.2 Å². The molecule has 0 aliphatic heterocycles. The van der Waals surface area contributed by atoms with Crippen molar-refractivity contribution in [3.63, 3.8) is 0 Å². The van der Waals surface area contributed by atoms with Crippen LogP contribution in [0.3, 0.4) is 0 Å². The first-order valence-corrected chi connectivity index (χ1v) is 8.53.